The van der Waals surface area contributed by atoms with E-state index in [2.05, 4.69) is 10.3 Å². The molecule has 0 unspecified atom stereocenters. The first-order chi connectivity index (χ1) is 9.66. The number of carbonyl (C=O) groups is 1. The molecule has 112 valence electrons. The zero-order valence-electron chi connectivity index (χ0n) is 11.0. The summed E-state index contributed by atoms with van der Waals surface area (Å²) in [5.74, 6) is -1.11. The molecule has 0 aliphatic rings. The first-order valence-corrected chi connectivity index (χ1v) is 8.80. The van der Waals surface area contributed by atoms with Crippen LogP contribution in [-0.4, -0.2) is 19.3 Å². The molecule has 0 spiro atoms. The molecule has 0 saturated heterocycles. The molecule has 0 saturated carbocycles. The van der Waals surface area contributed by atoms with Crippen LogP contribution < -0.4 is 5.32 Å². The summed E-state index contributed by atoms with van der Waals surface area (Å²) < 4.78 is 35.7. The highest BCUT2D eigenvalue weighted by atomic mass is 35.7. The monoisotopic (exact) mass is 348 g/mol. The van der Waals surface area contributed by atoms with E-state index in [0.717, 1.165) is 17.4 Å². The predicted molar refractivity (Wildman–Crippen MR) is 79.0 cm³/mol. The van der Waals surface area contributed by atoms with E-state index >= 15 is 0 Å². The molecule has 0 bridgehead atoms. The minimum absolute atomic E-state index is 0.0821. The molecule has 2 rings (SSSR count). The summed E-state index contributed by atoms with van der Waals surface area (Å²) in [6.45, 7) is 3.12. The van der Waals surface area contributed by atoms with Crippen LogP contribution in [0.3, 0.4) is 0 Å². The number of benzene rings is 1. The minimum atomic E-state index is -3.91. The molecule has 9 heteroatoms. The molecule has 0 atom stereocenters. The topological polar surface area (TPSA) is 76.1 Å². The van der Waals surface area contributed by atoms with E-state index in [1.165, 1.54) is 19.1 Å². The molecule has 0 aliphatic carbocycles. The van der Waals surface area contributed by atoms with Gasteiger partial charge in [0.1, 0.15) is 5.82 Å². The lowest BCUT2D eigenvalue weighted by atomic mass is 10.1. The van der Waals surface area contributed by atoms with Crippen LogP contribution in [0, 0.1) is 19.7 Å². The fourth-order valence-corrected chi connectivity index (χ4v) is 4.05. The SMILES string of the molecule is Cc1cc(F)cc(C(=O)Nc2nc(C)c(S(=O)(=O)Cl)s2)c1. The summed E-state index contributed by atoms with van der Waals surface area (Å²) in [5, 5.41) is 2.51. The van der Waals surface area contributed by atoms with Crippen LogP contribution in [0.1, 0.15) is 21.6 Å². The van der Waals surface area contributed by atoms with Crippen molar-refractivity contribution in [3.8, 4) is 0 Å². The van der Waals surface area contributed by atoms with Gasteiger partial charge in [0.2, 0.25) is 0 Å². The lowest BCUT2D eigenvalue weighted by molar-refractivity contribution is 0.102. The largest absolute Gasteiger partial charge is 0.298 e. The number of nitrogens with zero attached hydrogens (tertiary/aromatic N) is 1. The van der Waals surface area contributed by atoms with Gasteiger partial charge >= 0.3 is 0 Å². The maximum Gasteiger partial charge on any atom is 0.272 e. The summed E-state index contributed by atoms with van der Waals surface area (Å²) in [5.41, 5.74) is 0.913. The predicted octanol–water partition coefficient (Wildman–Crippen LogP) is 3.08. The number of aryl methyl sites for hydroxylation is 2. The van der Waals surface area contributed by atoms with Crippen molar-refractivity contribution in [3.05, 3.63) is 40.8 Å². The van der Waals surface area contributed by atoms with Gasteiger partial charge in [-0.15, -0.1) is 0 Å². The Hall–Kier alpha value is -1.51. The molecule has 0 aliphatic heterocycles. The number of amides is 1. The molecule has 1 aromatic carbocycles. The quantitative estimate of drug-likeness (QED) is 0.865. The van der Waals surface area contributed by atoms with Gasteiger partial charge in [0.25, 0.3) is 15.0 Å². The van der Waals surface area contributed by atoms with Crippen molar-refractivity contribution in [2.45, 2.75) is 18.1 Å². The molecule has 0 fully saturated rings. The van der Waals surface area contributed by atoms with E-state index in [1.54, 1.807) is 6.92 Å². The van der Waals surface area contributed by atoms with Crippen LogP contribution in [0.25, 0.3) is 0 Å². The summed E-state index contributed by atoms with van der Waals surface area (Å²) in [7, 11) is 1.34. The van der Waals surface area contributed by atoms with Crippen molar-refractivity contribution < 1.29 is 17.6 Å². The summed E-state index contributed by atoms with van der Waals surface area (Å²) in [6.07, 6.45) is 0. The Morgan fingerprint density at radius 3 is 2.52 bits per heavy atom. The summed E-state index contributed by atoms with van der Waals surface area (Å²) in [4.78, 5) is 15.9. The first kappa shape index (κ1) is 15.9. The number of aromatic nitrogens is 1. The van der Waals surface area contributed by atoms with Gasteiger partial charge in [-0.1, -0.05) is 11.3 Å². The van der Waals surface area contributed by atoms with Crippen molar-refractivity contribution in [1.82, 2.24) is 4.98 Å². The van der Waals surface area contributed by atoms with Gasteiger partial charge in [-0.2, -0.15) is 0 Å². The minimum Gasteiger partial charge on any atom is -0.298 e. The highest BCUT2D eigenvalue weighted by Gasteiger charge is 2.20. The highest BCUT2D eigenvalue weighted by molar-refractivity contribution is 8.15. The third-order valence-corrected chi connectivity index (χ3v) is 5.75. The number of anilines is 1. The third-order valence-electron chi connectivity index (χ3n) is 2.50. The maximum absolute atomic E-state index is 13.3. The number of rotatable bonds is 3. The molecule has 0 radical (unpaired) electrons. The Kier molecular flexibility index (Phi) is 4.31. The molecule has 21 heavy (non-hydrogen) atoms. The molecule has 2 aromatic rings. The van der Waals surface area contributed by atoms with Gasteiger partial charge in [0.05, 0.1) is 5.69 Å². The van der Waals surface area contributed by atoms with E-state index in [9.17, 15) is 17.6 Å². The second-order valence-electron chi connectivity index (χ2n) is 4.30. The molecule has 5 nitrogen and oxygen atoms in total. The maximum atomic E-state index is 13.3. The highest BCUT2D eigenvalue weighted by Crippen LogP contribution is 2.29. The average Bonchev–Trinajstić information content (AvgIpc) is 2.68. The molecule has 1 N–H and O–H groups in total. The normalized spacial score (nSPS) is 11.4. The van der Waals surface area contributed by atoms with E-state index in [1.807, 2.05) is 0 Å². The van der Waals surface area contributed by atoms with E-state index in [-0.39, 0.29) is 20.6 Å². The lowest BCUT2D eigenvalue weighted by Crippen LogP contribution is -2.12. The van der Waals surface area contributed by atoms with Crippen LogP contribution in [-0.2, 0) is 9.05 Å². The standard InChI is InChI=1S/C12H10ClFN2O3S2/c1-6-3-8(5-9(14)4-6)10(17)16-12-15-7(2)11(20-12)21(13,18)19/h3-5H,1-2H3,(H,15,16,17). The number of halogens is 2. The van der Waals surface area contributed by atoms with Gasteiger partial charge < -0.3 is 0 Å². The first-order valence-electron chi connectivity index (χ1n) is 5.67. The molecule has 1 aromatic heterocycles. The van der Waals surface area contributed by atoms with Gasteiger partial charge in [-0.3, -0.25) is 10.1 Å². The molecular formula is C12H10ClFN2O3S2. The third kappa shape index (κ3) is 3.78. The van der Waals surface area contributed by atoms with Crippen LogP contribution in [0.5, 0.6) is 0 Å². The van der Waals surface area contributed by atoms with Crippen LogP contribution in [0.2, 0.25) is 0 Å². The number of carbonyl (C=O) groups excluding carboxylic acids is 1. The van der Waals surface area contributed by atoms with Crippen LogP contribution in [0.15, 0.2) is 22.4 Å². The van der Waals surface area contributed by atoms with E-state index < -0.39 is 20.8 Å². The van der Waals surface area contributed by atoms with Gasteiger partial charge in [0, 0.05) is 16.2 Å². The van der Waals surface area contributed by atoms with Crippen molar-refractivity contribution in [2.24, 2.45) is 0 Å². The number of thiazole rings is 1. The lowest BCUT2D eigenvalue weighted by Gasteiger charge is -2.03. The van der Waals surface area contributed by atoms with Crippen molar-refractivity contribution in [2.75, 3.05) is 5.32 Å². The van der Waals surface area contributed by atoms with Crippen molar-refractivity contribution in [1.29, 1.82) is 0 Å². The Labute approximate surface area is 129 Å². The van der Waals surface area contributed by atoms with Gasteiger partial charge in [-0.05, 0) is 37.6 Å². The number of hydrogen-bond acceptors (Lipinski definition) is 5. The van der Waals surface area contributed by atoms with Gasteiger partial charge in [0.15, 0.2) is 9.34 Å². The Bertz CT molecular complexity index is 798. The van der Waals surface area contributed by atoms with Crippen LogP contribution >= 0.6 is 22.0 Å². The molecule has 1 heterocycles. The van der Waals surface area contributed by atoms with E-state index in [4.69, 9.17) is 10.7 Å². The fourth-order valence-electron chi connectivity index (χ4n) is 1.70. The van der Waals surface area contributed by atoms with Gasteiger partial charge in [-0.25, -0.2) is 17.8 Å². The zero-order valence-corrected chi connectivity index (χ0v) is 13.4. The number of nitrogens with one attached hydrogen (secondary N) is 1. The second kappa shape index (κ2) is 5.70. The smallest absolute Gasteiger partial charge is 0.272 e. The zero-order chi connectivity index (χ0) is 15.8. The average molecular weight is 349 g/mol. The fraction of sp³-hybridized carbons (Fsp3) is 0.167. The summed E-state index contributed by atoms with van der Waals surface area (Å²) >= 11 is 0.741. The molecular weight excluding hydrogens is 339 g/mol. The molecule has 1 amide bonds. The van der Waals surface area contributed by atoms with Crippen molar-refractivity contribution in [3.63, 3.8) is 0 Å². The summed E-state index contributed by atoms with van der Waals surface area (Å²) in [6, 6.07) is 3.89. The van der Waals surface area contributed by atoms with Crippen molar-refractivity contribution >= 4 is 42.1 Å². The Morgan fingerprint density at radius 1 is 1.33 bits per heavy atom. The second-order valence-corrected chi connectivity index (χ2v) is 8.06. The Morgan fingerprint density at radius 2 is 2.00 bits per heavy atom. The number of hydrogen-bond donors (Lipinski definition) is 1. The Balaban J connectivity index is 2.28. The van der Waals surface area contributed by atoms with Crippen LogP contribution in [0.4, 0.5) is 9.52 Å². The van der Waals surface area contributed by atoms with E-state index in [0.29, 0.717) is 5.56 Å².